The Bertz CT molecular complexity index is 559. The minimum Gasteiger partial charge on any atom is -0.481 e. The fourth-order valence-corrected chi connectivity index (χ4v) is 3.50. The molecule has 0 unspecified atom stereocenters. The Kier molecular flexibility index (Phi) is 2.62. The Labute approximate surface area is 112 Å². The Morgan fingerprint density at radius 1 is 1.32 bits per heavy atom. The van der Waals surface area contributed by atoms with Gasteiger partial charge in [0.15, 0.2) is 0 Å². The van der Waals surface area contributed by atoms with Crippen LogP contribution < -0.4 is 4.90 Å². The van der Waals surface area contributed by atoms with Gasteiger partial charge in [0.25, 0.3) is 0 Å². The molecular formula is C15H17NO3. The third kappa shape index (κ3) is 1.59. The first-order valence-electron chi connectivity index (χ1n) is 6.68. The van der Waals surface area contributed by atoms with Gasteiger partial charge in [-0.25, -0.2) is 0 Å². The maximum absolute atomic E-state index is 11.9. The average molecular weight is 259 g/mol. The molecule has 4 nitrogen and oxygen atoms in total. The second-order valence-corrected chi connectivity index (χ2v) is 5.53. The summed E-state index contributed by atoms with van der Waals surface area (Å²) in [6.07, 6.45) is 3.57. The fraction of sp³-hybridized carbons (Fsp3) is 0.467. The van der Waals surface area contributed by atoms with Crippen LogP contribution in [0.4, 0.5) is 5.69 Å². The lowest BCUT2D eigenvalue weighted by Gasteiger charge is -2.26. The summed E-state index contributed by atoms with van der Waals surface area (Å²) in [5.41, 5.74) is 1.86. The number of aliphatic carboxylic acids is 1. The van der Waals surface area contributed by atoms with Gasteiger partial charge in [0.2, 0.25) is 5.91 Å². The number of likely N-dealkylation sites (N-methyl/N-ethyl adjacent to an activating group) is 1. The number of nitrogens with zero attached hydrogens (tertiary/aromatic N) is 1. The molecule has 1 aromatic carbocycles. The van der Waals surface area contributed by atoms with Crippen LogP contribution in [0.25, 0.3) is 0 Å². The molecule has 100 valence electrons. The van der Waals surface area contributed by atoms with Crippen molar-refractivity contribution in [3.05, 3.63) is 29.3 Å². The van der Waals surface area contributed by atoms with E-state index in [1.807, 2.05) is 18.2 Å². The number of carbonyl (C=O) groups excluding carboxylic acids is 1. The number of carboxylic acid groups (broad SMARTS) is 1. The van der Waals surface area contributed by atoms with Gasteiger partial charge in [0, 0.05) is 12.7 Å². The standard InChI is InChI=1S/C15H17NO3/c1-16-12-6-4-5-11(10(12)9-13(16)17)15(14(18)19)7-2-3-8-15/h4-6H,2-3,7-9H2,1H3,(H,18,19). The Balaban J connectivity index is 2.17. The SMILES string of the molecule is CN1C(=O)Cc2c1cccc2C1(C(=O)O)CCCC1. The van der Waals surface area contributed by atoms with Crippen molar-refractivity contribution in [1.29, 1.82) is 0 Å². The number of hydrogen-bond donors (Lipinski definition) is 1. The molecule has 1 N–H and O–H groups in total. The van der Waals surface area contributed by atoms with Crippen molar-refractivity contribution in [3.8, 4) is 0 Å². The molecule has 1 heterocycles. The molecular weight excluding hydrogens is 242 g/mol. The molecule has 3 rings (SSSR count). The van der Waals surface area contributed by atoms with Crippen LogP contribution in [0.5, 0.6) is 0 Å². The second kappa shape index (κ2) is 4.08. The number of hydrogen-bond acceptors (Lipinski definition) is 2. The van der Waals surface area contributed by atoms with E-state index in [-0.39, 0.29) is 5.91 Å². The number of fused-ring (bicyclic) bond motifs is 1. The first-order valence-corrected chi connectivity index (χ1v) is 6.68. The molecule has 19 heavy (non-hydrogen) atoms. The first kappa shape index (κ1) is 12.2. The molecule has 0 spiro atoms. The zero-order chi connectivity index (χ0) is 13.6. The number of rotatable bonds is 2. The number of carbonyl (C=O) groups is 2. The summed E-state index contributed by atoms with van der Waals surface area (Å²) in [5, 5.41) is 9.68. The molecule has 0 atom stereocenters. The highest BCUT2D eigenvalue weighted by Gasteiger charge is 2.45. The van der Waals surface area contributed by atoms with Crippen LogP contribution in [0.15, 0.2) is 18.2 Å². The zero-order valence-electron chi connectivity index (χ0n) is 11.0. The van der Waals surface area contributed by atoms with Crippen LogP contribution in [0, 0.1) is 0 Å². The zero-order valence-corrected chi connectivity index (χ0v) is 11.0. The van der Waals surface area contributed by atoms with Gasteiger partial charge in [-0.1, -0.05) is 25.0 Å². The van der Waals surface area contributed by atoms with Crippen LogP contribution in [0.2, 0.25) is 0 Å². The molecule has 1 aliphatic heterocycles. The number of amides is 1. The molecule has 1 fully saturated rings. The van der Waals surface area contributed by atoms with Gasteiger partial charge >= 0.3 is 5.97 Å². The number of carboxylic acids is 1. The predicted octanol–water partition coefficient (Wildman–Crippen LogP) is 2.10. The van der Waals surface area contributed by atoms with E-state index in [9.17, 15) is 14.7 Å². The Morgan fingerprint density at radius 2 is 2.00 bits per heavy atom. The van der Waals surface area contributed by atoms with E-state index in [0.717, 1.165) is 29.7 Å². The van der Waals surface area contributed by atoms with Crippen LogP contribution in [0.1, 0.15) is 36.8 Å². The molecule has 1 aromatic rings. The van der Waals surface area contributed by atoms with Crippen molar-refractivity contribution in [3.63, 3.8) is 0 Å². The lowest BCUT2D eigenvalue weighted by atomic mass is 9.76. The molecule has 0 aromatic heterocycles. The minimum absolute atomic E-state index is 0.0426. The van der Waals surface area contributed by atoms with Crippen LogP contribution in [0.3, 0.4) is 0 Å². The summed E-state index contributed by atoms with van der Waals surface area (Å²) in [5.74, 6) is -0.707. The maximum atomic E-state index is 11.9. The highest BCUT2D eigenvalue weighted by atomic mass is 16.4. The quantitative estimate of drug-likeness (QED) is 0.884. The summed E-state index contributed by atoms with van der Waals surface area (Å²) >= 11 is 0. The predicted molar refractivity (Wildman–Crippen MR) is 71.3 cm³/mol. The molecule has 2 aliphatic rings. The molecule has 0 bridgehead atoms. The molecule has 1 saturated carbocycles. The summed E-state index contributed by atoms with van der Waals surface area (Å²) in [6.45, 7) is 0. The Hall–Kier alpha value is -1.84. The smallest absolute Gasteiger partial charge is 0.314 e. The van der Waals surface area contributed by atoms with Crippen molar-refractivity contribution in [2.24, 2.45) is 0 Å². The van der Waals surface area contributed by atoms with E-state index in [0.29, 0.717) is 19.3 Å². The van der Waals surface area contributed by atoms with Gasteiger partial charge in [-0.2, -0.15) is 0 Å². The summed E-state index contributed by atoms with van der Waals surface area (Å²) in [4.78, 5) is 25.3. The highest BCUT2D eigenvalue weighted by Crippen LogP contribution is 2.45. The van der Waals surface area contributed by atoms with E-state index >= 15 is 0 Å². The number of anilines is 1. The van der Waals surface area contributed by atoms with E-state index < -0.39 is 11.4 Å². The van der Waals surface area contributed by atoms with Crippen molar-refractivity contribution in [2.45, 2.75) is 37.5 Å². The van der Waals surface area contributed by atoms with Gasteiger partial charge in [-0.15, -0.1) is 0 Å². The highest BCUT2D eigenvalue weighted by molar-refractivity contribution is 6.02. The largest absolute Gasteiger partial charge is 0.481 e. The molecule has 4 heteroatoms. The topological polar surface area (TPSA) is 57.6 Å². The second-order valence-electron chi connectivity index (χ2n) is 5.53. The normalized spacial score (nSPS) is 20.7. The van der Waals surface area contributed by atoms with Crippen LogP contribution in [-0.4, -0.2) is 24.0 Å². The van der Waals surface area contributed by atoms with E-state index in [4.69, 9.17) is 0 Å². The van der Waals surface area contributed by atoms with E-state index in [2.05, 4.69) is 0 Å². The van der Waals surface area contributed by atoms with Gasteiger partial charge in [-0.05, 0) is 30.0 Å². The average Bonchev–Trinajstić information content (AvgIpc) is 2.97. The monoisotopic (exact) mass is 259 g/mol. The first-order chi connectivity index (χ1) is 9.06. The summed E-state index contributed by atoms with van der Waals surface area (Å²) in [6, 6.07) is 5.66. The van der Waals surface area contributed by atoms with Crippen molar-refractivity contribution in [1.82, 2.24) is 0 Å². The van der Waals surface area contributed by atoms with Crippen molar-refractivity contribution in [2.75, 3.05) is 11.9 Å². The van der Waals surface area contributed by atoms with Crippen molar-refractivity contribution >= 4 is 17.6 Å². The summed E-state index contributed by atoms with van der Waals surface area (Å²) < 4.78 is 0. The molecule has 1 amide bonds. The summed E-state index contributed by atoms with van der Waals surface area (Å²) in [7, 11) is 1.75. The Morgan fingerprint density at radius 3 is 2.63 bits per heavy atom. The fourth-order valence-electron chi connectivity index (χ4n) is 3.50. The van der Waals surface area contributed by atoms with Gasteiger partial charge in [0.05, 0.1) is 11.8 Å². The molecule has 0 saturated heterocycles. The minimum atomic E-state index is -0.781. The third-order valence-corrected chi connectivity index (χ3v) is 4.60. The maximum Gasteiger partial charge on any atom is 0.314 e. The molecule has 0 radical (unpaired) electrons. The lowest BCUT2D eigenvalue weighted by molar-refractivity contribution is -0.143. The lowest BCUT2D eigenvalue weighted by Crippen LogP contribution is -2.33. The third-order valence-electron chi connectivity index (χ3n) is 4.60. The van der Waals surface area contributed by atoms with Crippen molar-refractivity contribution < 1.29 is 14.7 Å². The van der Waals surface area contributed by atoms with Gasteiger partial charge < -0.3 is 10.0 Å². The van der Waals surface area contributed by atoms with Gasteiger partial charge in [-0.3, -0.25) is 9.59 Å². The van der Waals surface area contributed by atoms with Crippen LogP contribution >= 0.6 is 0 Å². The van der Waals surface area contributed by atoms with E-state index in [1.165, 1.54) is 0 Å². The van der Waals surface area contributed by atoms with Crippen LogP contribution in [-0.2, 0) is 21.4 Å². The van der Waals surface area contributed by atoms with Gasteiger partial charge in [0.1, 0.15) is 0 Å². The molecule has 1 aliphatic carbocycles. The van der Waals surface area contributed by atoms with E-state index in [1.54, 1.807) is 11.9 Å². The number of benzene rings is 1.